The van der Waals surface area contributed by atoms with Crippen LogP contribution in [0.25, 0.3) is 0 Å². The van der Waals surface area contributed by atoms with Crippen LogP contribution >= 0.6 is 0 Å². The van der Waals surface area contributed by atoms with E-state index < -0.39 is 32.0 Å². The van der Waals surface area contributed by atoms with Gasteiger partial charge < -0.3 is 5.32 Å². The molecule has 22 heavy (non-hydrogen) atoms. The highest BCUT2D eigenvalue weighted by Crippen LogP contribution is 2.30. The fraction of sp³-hybridized carbons (Fsp3) is 0.643. The topological polar surface area (TPSA) is 59.1 Å². The molecule has 0 aliphatic carbocycles. The third-order valence-electron chi connectivity index (χ3n) is 3.96. The third kappa shape index (κ3) is 3.98. The largest absolute Gasteiger partial charge is 0.433 e. The average molecular weight is 336 g/mol. The molecular weight excluding hydrogens is 317 g/mol. The molecule has 1 fully saturated rings. The summed E-state index contributed by atoms with van der Waals surface area (Å²) in [5, 5.41) is 1.96. The molecule has 124 valence electrons. The van der Waals surface area contributed by atoms with Crippen molar-refractivity contribution in [1.82, 2.24) is 10.3 Å². The summed E-state index contributed by atoms with van der Waals surface area (Å²) in [6, 6.07) is 2.99. The maximum atomic E-state index is 12.7. The van der Waals surface area contributed by atoms with Gasteiger partial charge in [0.25, 0.3) is 0 Å². The molecule has 4 nitrogen and oxygen atoms in total. The van der Waals surface area contributed by atoms with E-state index in [-0.39, 0.29) is 5.92 Å². The Bertz CT molecular complexity index is 611. The van der Waals surface area contributed by atoms with Gasteiger partial charge in [-0.05, 0) is 57.3 Å². The van der Waals surface area contributed by atoms with Crippen LogP contribution < -0.4 is 5.32 Å². The lowest BCUT2D eigenvalue weighted by molar-refractivity contribution is -0.141. The maximum Gasteiger partial charge on any atom is 0.433 e. The van der Waals surface area contributed by atoms with E-state index in [1.807, 2.05) is 0 Å². The van der Waals surface area contributed by atoms with Crippen molar-refractivity contribution in [3.63, 3.8) is 0 Å². The van der Waals surface area contributed by atoms with Crippen molar-refractivity contribution in [3.05, 3.63) is 23.9 Å². The fourth-order valence-electron chi connectivity index (χ4n) is 2.65. The van der Waals surface area contributed by atoms with Crippen LogP contribution in [0.5, 0.6) is 0 Å². The number of hydrogen-bond acceptors (Lipinski definition) is 4. The van der Waals surface area contributed by atoms with E-state index in [2.05, 4.69) is 10.3 Å². The average Bonchev–Trinajstić information content (AvgIpc) is 2.47. The minimum absolute atomic E-state index is 0.275. The van der Waals surface area contributed by atoms with Crippen molar-refractivity contribution in [2.45, 2.75) is 42.6 Å². The molecule has 1 aliphatic rings. The van der Waals surface area contributed by atoms with Gasteiger partial charge in [-0.25, -0.2) is 13.4 Å². The Morgan fingerprint density at radius 3 is 2.55 bits per heavy atom. The molecule has 1 unspecified atom stereocenters. The molecule has 0 amide bonds. The van der Waals surface area contributed by atoms with Crippen LogP contribution in [0.4, 0.5) is 13.2 Å². The Kier molecular flexibility index (Phi) is 5.11. The van der Waals surface area contributed by atoms with Crippen LogP contribution in [0, 0.1) is 5.92 Å². The standard InChI is InChI=1S/C14H19F3N2O2S/c1-10(9-11-5-7-18-8-6-11)22(20,21)13-4-2-3-12(19-13)14(15,16)17/h2-4,10-11,18H,5-9H2,1H3. The first-order chi connectivity index (χ1) is 10.2. The van der Waals surface area contributed by atoms with E-state index in [1.54, 1.807) is 6.92 Å². The van der Waals surface area contributed by atoms with Crippen LogP contribution in [0.15, 0.2) is 23.2 Å². The molecule has 8 heteroatoms. The second-order valence-corrected chi connectivity index (χ2v) is 7.96. The van der Waals surface area contributed by atoms with E-state index in [0.717, 1.165) is 44.1 Å². The number of aromatic nitrogens is 1. The van der Waals surface area contributed by atoms with Crippen LogP contribution in [-0.4, -0.2) is 31.7 Å². The number of pyridine rings is 1. The van der Waals surface area contributed by atoms with Crippen LogP contribution in [0.2, 0.25) is 0 Å². The van der Waals surface area contributed by atoms with Crippen molar-refractivity contribution in [3.8, 4) is 0 Å². The van der Waals surface area contributed by atoms with E-state index in [9.17, 15) is 21.6 Å². The predicted octanol–water partition coefficient (Wildman–Crippen LogP) is 2.65. The quantitative estimate of drug-likeness (QED) is 0.918. The summed E-state index contributed by atoms with van der Waals surface area (Å²) in [6.07, 6.45) is -2.43. The summed E-state index contributed by atoms with van der Waals surface area (Å²) >= 11 is 0. The van der Waals surface area contributed by atoms with E-state index in [0.29, 0.717) is 6.42 Å². The van der Waals surface area contributed by atoms with Gasteiger partial charge in [0.15, 0.2) is 14.9 Å². The second kappa shape index (κ2) is 6.54. The Morgan fingerprint density at radius 1 is 1.32 bits per heavy atom. The van der Waals surface area contributed by atoms with Gasteiger partial charge in [-0.1, -0.05) is 6.07 Å². The molecule has 1 atom stereocenters. The zero-order chi connectivity index (χ0) is 16.4. The van der Waals surface area contributed by atoms with E-state index in [1.165, 1.54) is 0 Å². The van der Waals surface area contributed by atoms with Crippen molar-refractivity contribution in [1.29, 1.82) is 0 Å². The van der Waals surface area contributed by atoms with E-state index >= 15 is 0 Å². The van der Waals surface area contributed by atoms with Gasteiger partial charge in [0.2, 0.25) is 0 Å². The third-order valence-corrected chi connectivity index (χ3v) is 6.02. The molecule has 0 bridgehead atoms. The predicted molar refractivity (Wildman–Crippen MR) is 76.1 cm³/mol. The van der Waals surface area contributed by atoms with Crippen molar-refractivity contribution >= 4 is 9.84 Å². The van der Waals surface area contributed by atoms with Crippen LogP contribution in [0.3, 0.4) is 0 Å². The molecule has 1 aliphatic heterocycles. The maximum absolute atomic E-state index is 12.7. The molecule has 2 heterocycles. The fourth-order valence-corrected chi connectivity index (χ4v) is 4.08. The number of nitrogens with zero attached hydrogens (tertiary/aromatic N) is 1. The molecule has 0 radical (unpaired) electrons. The smallest absolute Gasteiger partial charge is 0.317 e. The van der Waals surface area contributed by atoms with Gasteiger partial charge >= 0.3 is 6.18 Å². The minimum atomic E-state index is -4.65. The zero-order valence-electron chi connectivity index (χ0n) is 12.2. The summed E-state index contributed by atoms with van der Waals surface area (Å²) in [7, 11) is -3.85. The first kappa shape index (κ1) is 17.2. The highest BCUT2D eigenvalue weighted by molar-refractivity contribution is 7.92. The minimum Gasteiger partial charge on any atom is -0.317 e. The normalized spacial score (nSPS) is 19.1. The zero-order valence-corrected chi connectivity index (χ0v) is 13.0. The highest BCUT2D eigenvalue weighted by atomic mass is 32.2. The molecule has 1 N–H and O–H groups in total. The van der Waals surface area contributed by atoms with Crippen LogP contribution in [-0.2, 0) is 16.0 Å². The lowest BCUT2D eigenvalue weighted by Gasteiger charge is -2.25. The monoisotopic (exact) mass is 336 g/mol. The second-order valence-electron chi connectivity index (χ2n) is 5.64. The Balaban J connectivity index is 2.18. The molecule has 0 spiro atoms. The lowest BCUT2D eigenvalue weighted by atomic mass is 9.93. The van der Waals surface area contributed by atoms with Gasteiger partial charge in [-0.2, -0.15) is 13.2 Å². The summed E-state index contributed by atoms with van der Waals surface area (Å²) in [5.41, 5.74) is -1.18. The lowest BCUT2D eigenvalue weighted by Crippen LogP contribution is -2.31. The summed E-state index contributed by atoms with van der Waals surface area (Å²) in [4.78, 5) is 3.30. The van der Waals surface area contributed by atoms with Gasteiger partial charge in [0, 0.05) is 0 Å². The van der Waals surface area contributed by atoms with Crippen molar-refractivity contribution in [2.24, 2.45) is 5.92 Å². The molecule has 1 aromatic heterocycles. The van der Waals surface area contributed by atoms with Gasteiger partial charge in [-0.15, -0.1) is 0 Å². The van der Waals surface area contributed by atoms with Gasteiger partial charge in [0.1, 0.15) is 5.69 Å². The summed E-state index contributed by atoms with van der Waals surface area (Å²) < 4.78 is 62.9. The molecule has 2 rings (SSSR count). The van der Waals surface area contributed by atoms with Crippen molar-refractivity contribution < 1.29 is 21.6 Å². The number of piperidine rings is 1. The number of nitrogens with one attached hydrogen (secondary N) is 1. The number of alkyl halides is 3. The summed E-state index contributed by atoms with van der Waals surface area (Å²) in [6.45, 7) is 3.23. The first-order valence-electron chi connectivity index (χ1n) is 7.20. The van der Waals surface area contributed by atoms with E-state index in [4.69, 9.17) is 0 Å². The highest BCUT2D eigenvalue weighted by Gasteiger charge is 2.35. The molecule has 1 saturated heterocycles. The van der Waals surface area contributed by atoms with Gasteiger partial charge in [-0.3, -0.25) is 0 Å². The van der Waals surface area contributed by atoms with Gasteiger partial charge in [0.05, 0.1) is 5.25 Å². The van der Waals surface area contributed by atoms with Crippen LogP contribution in [0.1, 0.15) is 31.9 Å². The molecule has 1 aromatic rings. The summed E-state index contributed by atoms with van der Waals surface area (Å²) in [5.74, 6) is 0.275. The SMILES string of the molecule is CC(CC1CCNCC1)S(=O)(=O)c1cccc(C(F)(F)F)n1. The molecule has 0 aromatic carbocycles. The Hall–Kier alpha value is -1.15. The molecular formula is C14H19F3N2O2S. The Morgan fingerprint density at radius 2 is 1.95 bits per heavy atom. The van der Waals surface area contributed by atoms with Crippen molar-refractivity contribution in [2.75, 3.05) is 13.1 Å². The Labute approximate surface area is 128 Å². The number of halogens is 3. The molecule has 0 saturated carbocycles. The first-order valence-corrected chi connectivity index (χ1v) is 8.75. The number of hydrogen-bond donors (Lipinski definition) is 1. The number of sulfone groups is 1. The number of rotatable bonds is 4.